The zero-order valence-corrected chi connectivity index (χ0v) is 12.5. The van der Waals surface area contributed by atoms with Crippen molar-refractivity contribution >= 4 is 27.6 Å². The van der Waals surface area contributed by atoms with Crippen LogP contribution in [0.2, 0.25) is 5.02 Å². The summed E-state index contributed by atoms with van der Waals surface area (Å²) in [5.74, 6) is -1.57. The summed E-state index contributed by atoms with van der Waals surface area (Å²) >= 11 is 5.58. The smallest absolute Gasteiger partial charge is 0.478 e. The molecule has 0 amide bonds. The Kier molecular flexibility index (Phi) is 5.59. The van der Waals surface area contributed by atoms with E-state index in [0.717, 1.165) is 19.2 Å². The number of ether oxygens (including phenoxy) is 1. The van der Waals surface area contributed by atoms with E-state index in [1.54, 1.807) is 0 Å². The second-order valence-corrected chi connectivity index (χ2v) is 6.20. The van der Waals surface area contributed by atoms with Gasteiger partial charge in [-0.25, -0.2) is 22.9 Å². The lowest BCUT2D eigenvalue weighted by atomic mass is 10.3. The highest BCUT2D eigenvalue weighted by Gasteiger charge is 2.46. The number of aromatic nitrogens is 1. The van der Waals surface area contributed by atoms with Crippen molar-refractivity contribution in [1.29, 1.82) is 0 Å². The fourth-order valence-corrected chi connectivity index (χ4v) is 2.15. The van der Waals surface area contributed by atoms with Gasteiger partial charge in [-0.1, -0.05) is 11.6 Å². The molecule has 0 radical (unpaired) electrons. The number of sulfonamides is 1. The summed E-state index contributed by atoms with van der Waals surface area (Å²) in [6.07, 6.45) is 0.991. The minimum atomic E-state index is -5.50. The number of carboxylic acids is 1. The maximum Gasteiger partial charge on any atom is 0.511 e. The van der Waals surface area contributed by atoms with Crippen molar-refractivity contribution in [2.75, 3.05) is 6.61 Å². The van der Waals surface area contributed by atoms with E-state index in [0.29, 0.717) is 0 Å². The van der Waals surface area contributed by atoms with Crippen LogP contribution in [-0.4, -0.2) is 42.6 Å². The van der Waals surface area contributed by atoms with Gasteiger partial charge in [-0.05, 0) is 6.92 Å². The first-order valence-corrected chi connectivity index (χ1v) is 7.40. The molecule has 7 nitrogen and oxygen atoms in total. The Morgan fingerprint density at radius 1 is 1.55 bits per heavy atom. The summed E-state index contributed by atoms with van der Waals surface area (Å²) < 4.78 is 64.5. The molecule has 0 aliphatic rings. The summed E-state index contributed by atoms with van der Waals surface area (Å²) in [5.41, 5.74) is -5.74. The predicted octanol–water partition coefficient (Wildman–Crippen LogP) is 1.64. The molecule has 0 unspecified atom stereocenters. The first-order valence-electron chi connectivity index (χ1n) is 5.54. The third-order valence-electron chi connectivity index (χ3n) is 2.20. The number of hydrogen-bond acceptors (Lipinski definition) is 5. The summed E-state index contributed by atoms with van der Waals surface area (Å²) in [4.78, 5) is 14.4. The molecule has 0 aliphatic heterocycles. The molecule has 0 saturated heterocycles. The lowest BCUT2D eigenvalue weighted by Gasteiger charge is -2.16. The van der Waals surface area contributed by atoms with Crippen LogP contribution in [0.4, 0.5) is 13.2 Å². The molecule has 1 heterocycles. The van der Waals surface area contributed by atoms with Crippen molar-refractivity contribution in [2.45, 2.75) is 18.5 Å². The first kappa shape index (κ1) is 18.5. The molecule has 2 N–H and O–H groups in total. The van der Waals surface area contributed by atoms with Crippen LogP contribution in [0, 0.1) is 0 Å². The van der Waals surface area contributed by atoms with Crippen LogP contribution in [0.25, 0.3) is 0 Å². The SMILES string of the molecule is C[C@@H](COc1cc(C(=O)O)c(Cl)cn1)NS(=O)(=O)C(F)(F)F. The van der Waals surface area contributed by atoms with Gasteiger partial charge < -0.3 is 9.84 Å². The van der Waals surface area contributed by atoms with Crippen molar-refractivity contribution in [3.05, 3.63) is 22.8 Å². The van der Waals surface area contributed by atoms with E-state index in [4.69, 9.17) is 21.4 Å². The average molecular weight is 363 g/mol. The molecule has 1 rings (SSSR count). The fraction of sp³-hybridized carbons (Fsp3) is 0.400. The third kappa shape index (κ3) is 4.71. The predicted molar refractivity (Wildman–Crippen MR) is 69.3 cm³/mol. The number of nitrogens with zero attached hydrogens (tertiary/aromatic N) is 1. The van der Waals surface area contributed by atoms with E-state index in [1.807, 2.05) is 0 Å². The molecule has 0 aliphatic carbocycles. The van der Waals surface area contributed by atoms with Gasteiger partial charge in [-0.3, -0.25) is 0 Å². The van der Waals surface area contributed by atoms with Crippen LogP contribution in [0.15, 0.2) is 12.3 Å². The maximum atomic E-state index is 12.2. The third-order valence-corrected chi connectivity index (χ3v) is 3.83. The van der Waals surface area contributed by atoms with Gasteiger partial charge in [0.2, 0.25) is 5.88 Å². The number of nitrogens with one attached hydrogen (secondary N) is 1. The lowest BCUT2D eigenvalue weighted by molar-refractivity contribution is -0.0451. The quantitative estimate of drug-likeness (QED) is 0.797. The van der Waals surface area contributed by atoms with Gasteiger partial charge in [-0.15, -0.1) is 0 Å². The molecule has 22 heavy (non-hydrogen) atoms. The molecule has 0 aromatic carbocycles. The molecule has 1 aromatic heterocycles. The highest BCUT2D eigenvalue weighted by Crippen LogP contribution is 2.22. The van der Waals surface area contributed by atoms with E-state index < -0.39 is 34.1 Å². The second kappa shape index (κ2) is 6.67. The zero-order chi connectivity index (χ0) is 17.1. The Labute approximate surface area is 128 Å². The van der Waals surface area contributed by atoms with Crippen molar-refractivity contribution < 1.29 is 36.2 Å². The standard InChI is InChI=1S/C10H10ClF3N2O5S/c1-5(16-22(19,20)10(12,13)14)4-21-8-2-6(9(17)18)7(11)3-15-8/h2-3,5,16H,4H2,1H3,(H,17,18)/t5-/m0/s1. The molecule has 0 spiro atoms. The van der Waals surface area contributed by atoms with Crippen LogP contribution < -0.4 is 9.46 Å². The van der Waals surface area contributed by atoms with Gasteiger partial charge in [-0.2, -0.15) is 13.2 Å². The molecule has 0 bridgehead atoms. The van der Waals surface area contributed by atoms with Crippen molar-refractivity contribution in [3.63, 3.8) is 0 Å². The number of pyridine rings is 1. The fourth-order valence-electron chi connectivity index (χ4n) is 1.24. The van der Waals surface area contributed by atoms with E-state index in [2.05, 4.69) is 4.98 Å². The van der Waals surface area contributed by atoms with Gasteiger partial charge in [0.25, 0.3) is 0 Å². The van der Waals surface area contributed by atoms with Crippen molar-refractivity contribution in [1.82, 2.24) is 9.71 Å². The number of carbonyl (C=O) groups is 1. The average Bonchev–Trinajstić information content (AvgIpc) is 2.35. The van der Waals surface area contributed by atoms with E-state index in [-0.39, 0.29) is 16.5 Å². The van der Waals surface area contributed by atoms with Crippen LogP contribution in [0.3, 0.4) is 0 Å². The van der Waals surface area contributed by atoms with E-state index >= 15 is 0 Å². The lowest BCUT2D eigenvalue weighted by Crippen LogP contribution is -2.43. The number of rotatable bonds is 6. The largest absolute Gasteiger partial charge is 0.511 e. The van der Waals surface area contributed by atoms with Gasteiger partial charge in [0.15, 0.2) is 0 Å². The maximum absolute atomic E-state index is 12.2. The van der Waals surface area contributed by atoms with Crippen LogP contribution >= 0.6 is 11.6 Å². The Hall–Kier alpha value is -1.59. The highest BCUT2D eigenvalue weighted by atomic mass is 35.5. The molecular formula is C10H10ClF3N2O5S. The van der Waals surface area contributed by atoms with Crippen LogP contribution in [0.5, 0.6) is 5.88 Å². The summed E-state index contributed by atoms with van der Waals surface area (Å²) in [7, 11) is -5.50. The summed E-state index contributed by atoms with van der Waals surface area (Å²) in [6, 6.07) is -0.257. The minimum Gasteiger partial charge on any atom is -0.478 e. The minimum absolute atomic E-state index is 0.148. The van der Waals surface area contributed by atoms with Gasteiger partial charge in [0, 0.05) is 6.07 Å². The highest BCUT2D eigenvalue weighted by molar-refractivity contribution is 7.90. The molecular weight excluding hydrogens is 353 g/mol. The second-order valence-electron chi connectivity index (χ2n) is 4.09. The molecule has 12 heteroatoms. The van der Waals surface area contributed by atoms with Gasteiger partial charge in [0.1, 0.15) is 6.61 Å². The molecule has 1 atom stereocenters. The van der Waals surface area contributed by atoms with Gasteiger partial charge >= 0.3 is 21.5 Å². The van der Waals surface area contributed by atoms with E-state index in [1.165, 1.54) is 4.72 Å². The normalized spacial score (nSPS) is 13.7. The van der Waals surface area contributed by atoms with Crippen molar-refractivity contribution in [3.8, 4) is 5.88 Å². The molecule has 0 saturated carbocycles. The number of alkyl halides is 3. The van der Waals surface area contributed by atoms with Crippen molar-refractivity contribution in [2.24, 2.45) is 0 Å². The molecule has 124 valence electrons. The molecule has 1 aromatic rings. The summed E-state index contributed by atoms with van der Waals surface area (Å²) in [6.45, 7) is 0.639. The monoisotopic (exact) mass is 362 g/mol. The number of carboxylic acid groups (broad SMARTS) is 1. The van der Waals surface area contributed by atoms with Crippen LogP contribution in [-0.2, 0) is 10.0 Å². The topological polar surface area (TPSA) is 106 Å². The molecule has 0 fully saturated rings. The Bertz CT molecular complexity index is 665. The summed E-state index contributed by atoms with van der Waals surface area (Å²) in [5, 5.41) is 8.68. The Morgan fingerprint density at radius 2 is 2.14 bits per heavy atom. The zero-order valence-electron chi connectivity index (χ0n) is 10.9. The Balaban J connectivity index is 2.71. The number of halogens is 4. The van der Waals surface area contributed by atoms with Gasteiger partial charge in [0.05, 0.1) is 22.8 Å². The van der Waals surface area contributed by atoms with Crippen LogP contribution in [0.1, 0.15) is 17.3 Å². The number of aromatic carboxylic acids is 1. The first-order chi connectivity index (χ1) is 9.94. The number of hydrogen-bond donors (Lipinski definition) is 2. The van der Waals surface area contributed by atoms with E-state index in [9.17, 15) is 26.4 Å². The Morgan fingerprint density at radius 3 is 2.64 bits per heavy atom.